The zero-order valence-electron chi connectivity index (χ0n) is 14.8. The summed E-state index contributed by atoms with van der Waals surface area (Å²) in [5.74, 6) is -1.92. The molecule has 0 saturated heterocycles. The van der Waals surface area contributed by atoms with Crippen LogP contribution in [0.2, 0.25) is 0 Å². The second-order valence-corrected chi connectivity index (χ2v) is 8.32. The lowest BCUT2D eigenvalue weighted by atomic mass is 10.2. The molecule has 0 heterocycles. The number of hydrogen-bond acceptors (Lipinski definition) is 4. The van der Waals surface area contributed by atoms with E-state index in [-0.39, 0.29) is 10.0 Å². The van der Waals surface area contributed by atoms with Gasteiger partial charge in [0.15, 0.2) is 16.7 Å². The lowest BCUT2D eigenvalue weighted by Crippen LogP contribution is -2.25. The van der Waals surface area contributed by atoms with Crippen molar-refractivity contribution < 1.29 is 17.2 Å². The van der Waals surface area contributed by atoms with E-state index in [1.165, 1.54) is 38.5 Å². The van der Waals surface area contributed by atoms with E-state index in [1.807, 2.05) is 0 Å². The van der Waals surface area contributed by atoms with E-state index in [4.69, 9.17) is 12.2 Å². The smallest absolute Gasteiger partial charge is 0.242 e. The largest absolute Gasteiger partial charge is 0.331 e. The Labute approximate surface area is 161 Å². The van der Waals surface area contributed by atoms with Gasteiger partial charge in [0, 0.05) is 19.8 Å². The minimum atomic E-state index is -3.58. The van der Waals surface area contributed by atoms with Crippen molar-refractivity contribution in [2.75, 3.05) is 19.4 Å². The second-order valence-electron chi connectivity index (χ2n) is 5.76. The average molecular weight is 412 g/mol. The standard InChI is InChI=1S/C17H18F2N4O2S2/c1-11-4-6-13(27(24,25)23(2)3)9-16(11)21-17(26)22-20-10-12-5-7-14(18)15(19)8-12/h4-10H,1-3H3,(H2,21,22,26). The molecule has 27 heavy (non-hydrogen) atoms. The van der Waals surface area contributed by atoms with Gasteiger partial charge in [-0.05, 0) is 54.5 Å². The molecule has 0 radical (unpaired) electrons. The number of rotatable bonds is 5. The Balaban J connectivity index is 2.09. The summed E-state index contributed by atoms with van der Waals surface area (Å²) >= 11 is 5.12. The molecule has 0 saturated carbocycles. The molecule has 0 aliphatic heterocycles. The van der Waals surface area contributed by atoms with Crippen LogP contribution < -0.4 is 10.7 Å². The van der Waals surface area contributed by atoms with Crippen LogP contribution >= 0.6 is 12.2 Å². The molecule has 0 aliphatic carbocycles. The molecule has 2 aromatic rings. The Morgan fingerprint density at radius 1 is 1.15 bits per heavy atom. The first-order chi connectivity index (χ1) is 12.6. The SMILES string of the molecule is Cc1ccc(S(=O)(=O)N(C)C)cc1NC(=S)NN=Cc1ccc(F)c(F)c1. The Kier molecular flexibility index (Phi) is 6.58. The maximum atomic E-state index is 13.1. The summed E-state index contributed by atoms with van der Waals surface area (Å²) in [5.41, 5.74) is 4.16. The van der Waals surface area contributed by atoms with E-state index < -0.39 is 21.7 Å². The van der Waals surface area contributed by atoms with E-state index >= 15 is 0 Å². The van der Waals surface area contributed by atoms with Gasteiger partial charge in [0.2, 0.25) is 10.0 Å². The van der Waals surface area contributed by atoms with E-state index in [1.54, 1.807) is 13.0 Å². The number of hydrazone groups is 1. The number of thiocarbonyl (C=S) groups is 1. The number of anilines is 1. The zero-order valence-corrected chi connectivity index (χ0v) is 16.5. The first kappa shape index (κ1) is 20.9. The predicted molar refractivity (Wildman–Crippen MR) is 105 cm³/mol. The van der Waals surface area contributed by atoms with Crippen LogP contribution in [0.3, 0.4) is 0 Å². The summed E-state index contributed by atoms with van der Waals surface area (Å²) in [6.45, 7) is 1.79. The number of halogens is 2. The monoisotopic (exact) mass is 412 g/mol. The molecule has 2 aromatic carbocycles. The number of benzene rings is 2. The van der Waals surface area contributed by atoms with Crippen molar-refractivity contribution in [3.05, 3.63) is 59.2 Å². The van der Waals surface area contributed by atoms with Crippen LogP contribution in [0.5, 0.6) is 0 Å². The van der Waals surface area contributed by atoms with Crippen LogP contribution in [0.4, 0.5) is 14.5 Å². The van der Waals surface area contributed by atoms with Crippen molar-refractivity contribution in [3.63, 3.8) is 0 Å². The molecule has 2 rings (SSSR count). The van der Waals surface area contributed by atoms with Crippen LogP contribution in [0.15, 0.2) is 46.4 Å². The number of nitrogens with one attached hydrogen (secondary N) is 2. The minimum Gasteiger partial charge on any atom is -0.331 e. The third kappa shape index (κ3) is 5.28. The van der Waals surface area contributed by atoms with Crippen molar-refractivity contribution in [1.82, 2.24) is 9.73 Å². The molecule has 0 bridgehead atoms. The van der Waals surface area contributed by atoms with Gasteiger partial charge in [-0.15, -0.1) is 0 Å². The molecule has 0 unspecified atom stereocenters. The Hall–Kier alpha value is -2.43. The summed E-state index contributed by atoms with van der Waals surface area (Å²) < 4.78 is 51.6. The van der Waals surface area contributed by atoms with Crippen LogP contribution in [0, 0.1) is 18.6 Å². The van der Waals surface area contributed by atoms with Gasteiger partial charge in [-0.3, -0.25) is 5.43 Å². The van der Waals surface area contributed by atoms with Crippen LogP contribution in [0.25, 0.3) is 0 Å². The van der Waals surface area contributed by atoms with Gasteiger partial charge in [0.25, 0.3) is 0 Å². The molecule has 0 aliphatic rings. The molecule has 10 heteroatoms. The maximum Gasteiger partial charge on any atom is 0.242 e. The third-order valence-electron chi connectivity index (χ3n) is 3.56. The van der Waals surface area contributed by atoms with Crippen molar-refractivity contribution in [2.24, 2.45) is 5.10 Å². The summed E-state index contributed by atoms with van der Waals surface area (Å²) in [5, 5.41) is 6.81. The van der Waals surface area contributed by atoms with Gasteiger partial charge in [-0.25, -0.2) is 21.5 Å². The summed E-state index contributed by atoms with van der Waals surface area (Å²) in [4.78, 5) is 0.119. The Bertz CT molecular complexity index is 992. The van der Waals surface area contributed by atoms with Crippen LogP contribution in [-0.2, 0) is 10.0 Å². The molecule has 0 atom stereocenters. The van der Waals surface area contributed by atoms with E-state index in [0.29, 0.717) is 11.3 Å². The van der Waals surface area contributed by atoms with Gasteiger partial charge in [-0.2, -0.15) is 5.10 Å². The molecule has 0 fully saturated rings. The molecule has 6 nitrogen and oxygen atoms in total. The summed E-state index contributed by atoms with van der Waals surface area (Å²) in [6.07, 6.45) is 1.27. The highest BCUT2D eigenvalue weighted by Crippen LogP contribution is 2.21. The van der Waals surface area contributed by atoms with Crippen molar-refractivity contribution >= 4 is 39.3 Å². The van der Waals surface area contributed by atoms with Gasteiger partial charge >= 0.3 is 0 Å². The predicted octanol–water partition coefficient (Wildman–Crippen LogP) is 2.84. The topological polar surface area (TPSA) is 73.8 Å². The molecular weight excluding hydrogens is 394 g/mol. The van der Waals surface area contributed by atoms with Crippen LogP contribution in [-0.4, -0.2) is 38.1 Å². The molecule has 144 valence electrons. The van der Waals surface area contributed by atoms with Gasteiger partial charge in [0.05, 0.1) is 11.1 Å². The fraction of sp³-hybridized carbons (Fsp3) is 0.176. The highest BCUT2D eigenvalue weighted by Gasteiger charge is 2.18. The highest BCUT2D eigenvalue weighted by molar-refractivity contribution is 7.89. The number of aryl methyl sites for hydroxylation is 1. The average Bonchev–Trinajstić information content (AvgIpc) is 2.59. The summed E-state index contributed by atoms with van der Waals surface area (Å²) in [6, 6.07) is 7.99. The van der Waals surface area contributed by atoms with Crippen molar-refractivity contribution in [2.45, 2.75) is 11.8 Å². The van der Waals surface area contributed by atoms with Gasteiger partial charge < -0.3 is 5.32 Å². The molecule has 0 aromatic heterocycles. The van der Waals surface area contributed by atoms with E-state index in [0.717, 1.165) is 22.0 Å². The summed E-state index contributed by atoms with van der Waals surface area (Å²) in [7, 11) is -0.687. The minimum absolute atomic E-state index is 0.108. The Morgan fingerprint density at radius 2 is 1.85 bits per heavy atom. The lowest BCUT2D eigenvalue weighted by molar-refractivity contribution is 0.508. The van der Waals surface area contributed by atoms with Gasteiger partial charge in [0.1, 0.15) is 0 Å². The number of sulfonamides is 1. The first-order valence-electron chi connectivity index (χ1n) is 7.69. The second kappa shape index (κ2) is 8.51. The van der Waals surface area contributed by atoms with E-state index in [9.17, 15) is 17.2 Å². The number of hydrogen-bond donors (Lipinski definition) is 2. The van der Waals surface area contributed by atoms with Crippen molar-refractivity contribution in [3.8, 4) is 0 Å². The highest BCUT2D eigenvalue weighted by atomic mass is 32.2. The van der Waals surface area contributed by atoms with E-state index in [2.05, 4.69) is 15.8 Å². The van der Waals surface area contributed by atoms with Crippen LogP contribution in [0.1, 0.15) is 11.1 Å². The van der Waals surface area contributed by atoms with Crippen molar-refractivity contribution in [1.29, 1.82) is 0 Å². The third-order valence-corrected chi connectivity index (χ3v) is 5.56. The molecule has 0 amide bonds. The van der Waals surface area contributed by atoms with Gasteiger partial charge in [-0.1, -0.05) is 12.1 Å². The fourth-order valence-electron chi connectivity index (χ4n) is 2.02. The molecular formula is C17H18F2N4O2S2. The Morgan fingerprint density at radius 3 is 2.48 bits per heavy atom. The first-order valence-corrected chi connectivity index (χ1v) is 9.54. The molecule has 0 spiro atoms. The normalized spacial score (nSPS) is 11.8. The molecule has 2 N–H and O–H groups in total. The number of nitrogens with zero attached hydrogens (tertiary/aromatic N) is 2. The maximum absolute atomic E-state index is 13.1. The lowest BCUT2D eigenvalue weighted by Gasteiger charge is -2.15. The zero-order chi connectivity index (χ0) is 20.2. The fourth-order valence-corrected chi connectivity index (χ4v) is 3.11. The quantitative estimate of drug-likeness (QED) is 0.449.